The number of rotatable bonds is 5. The van der Waals surface area contributed by atoms with Crippen molar-refractivity contribution in [3.8, 4) is 11.4 Å². The van der Waals surface area contributed by atoms with Gasteiger partial charge in [0.25, 0.3) is 0 Å². The maximum atomic E-state index is 12.1. The van der Waals surface area contributed by atoms with Gasteiger partial charge < -0.3 is 10.6 Å². The fraction of sp³-hybridized carbons (Fsp3) is 0.182. The highest BCUT2D eigenvalue weighted by Gasteiger charge is 2.15. The summed E-state index contributed by atoms with van der Waals surface area (Å²) in [5.41, 5.74) is 4.72. The van der Waals surface area contributed by atoms with Crippen LogP contribution in [0.4, 0.5) is 5.69 Å². The third kappa shape index (κ3) is 4.38. The second kappa shape index (κ2) is 8.46. The summed E-state index contributed by atoms with van der Waals surface area (Å²) in [6.07, 6.45) is 0.542. The smallest absolute Gasteiger partial charge is 0.313 e. The van der Waals surface area contributed by atoms with Gasteiger partial charge in [-0.15, -0.1) is 16.4 Å². The van der Waals surface area contributed by atoms with Gasteiger partial charge in [-0.3, -0.25) is 9.59 Å². The van der Waals surface area contributed by atoms with Crippen molar-refractivity contribution in [1.29, 1.82) is 0 Å². The van der Waals surface area contributed by atoms with Gasteiger partial charge in [-0.2, -0.15) is 4.98 Å². The quantitative estimate of drug-likeness (QED) is 0.486. The second-order valence-corrected chi connectivity index (χ2v) is 7.89. The van der Waals surface area contributed by atoms with Crippen molar-refractivity contribution >= 4 is 33.8 Å². The van der Waals surface area contributed by atoms with E-state index in [0.29, 0.717) is 24.5 Å². The number of hydrogen-bond donors (Lipinski definition) is 2. The molecule has 0 radical (unpaired) electrons. The van der Waals surface area contributed by atoms with E-state index in [0.717, 1.165) is 27.3 Å². The maximum Gasteiger partial charge on any atom is 0.313 e. The minimum Gasteiger partial charge on any atom is -0.347 e. The summed E-state index contributed by atoms with van der Waals surface area (Å²) >= 11 is 1.50. The molecular formula is C22H21N5O2S. The van der Waals surface area contributed by atoms with E-state index in [1.807, 2.05) is 55.6 Å². The molecule has 2 amide bonds. The van der Waals surface area contributed by atoms with Crippen molar-refractivity contribution in [3.05, 3.63) is 70.7 Å². The third-order valence-corrected chi connectivity index (χ3v) is 5.47. The van der Waals surface area contributed by atoms with E-state index in [4.69, 9.17) is 0 Å². The highest BCUT2D eigenvalue weighted by Crippen LogP contribution is 2.21. The zero-order valence-electron chi connectivity index (χ0n) is 16.7. The summed E-state index contributed by atoms with van der Waals surface area (Å²) in [5.74, 6) is -0.675. The number of hydrogen-bond acceptors (Lipinski definition) is 5. The van der Waals surface area contributed by atoms with E-state index < -0.39 is 11.8 Å². The lowest BCUT2D eigenvalue weighted by molar-refractivity contribution is -0.136. The van der Waals surface area contributed by atoms with Crippen LogP contribution >= 0.6 is 11.3 Å². The number of nitrogens with one attached hydrogen (secondary N) is 2. The maximum absolute atomic E-state index is 12.1. The minimum absolute atomic E-state index is 0.325. The molecule has 0 unspecified atom stereocenters. The molecule has 7 nitrogen and oxygen atoms in total. The Kier molecular flexibility index (Phi) is 5.58. The van der Waals surface area contributed by atoms with Gasteiger partial charge in [-0.1, -0.05) is 41.5 Å². The van der Waals surface area contributed by atoms with E-state index in [1.54, 1.807) is 16.6 Å². The Labute approximate surface area is 177 Å². The topological polar surface area (TPSA) is 88.4 Å². The molecule has 2 aromatic carbocycles. The van der Waals surface area contributed by atoms with Gasteiger partial charge >= 0.3 is 11.8 Å². The molecular weight excluding hydrogens is 398 g/mol. The number of nitrogens with zero attached hydrogens (tertiary/aromatic N) is 3. The lowest BCUT2D eigenvalue weighted by atomic mass is 10.1. The van der Waals surface area contributed by atoms with Crippen LogP contribution in [-0.4, -0.2) is 33.0 Å². The Morgan fingerprint density at radius 1 is 1.03 bits per heavy atom. The highest BCUT2D eigenvalue weighted by molar-refractivity contribution is 7.15. The first kappa shape index (κ1) is 19.8. The van der Waals surface area contributed by atoms with Gasteiger partial charge in [0.15, 0.2) is 5.82 Å². The summed E-state index contributed by atoms with van der Waals surface area (Å²) < 4.78 is 1.79. The summed E-state index contributed by atoms with van der Waals surface area (Å²) in [4.78, 5) is 29.5. The summed E-state index contributed by atoms with van der Waals surface area (Å²) in [7, 11) is 0. The fourth-order valence-electron chi connectivity index (χ4n) is 3.01. The molecule has 2 aromatic heterocycles. The molecule has 0 fully saturated rings. The standard InChI is InChI=1S/C22H21N5O2S/c1-14-6-8-17(9-7-14)24-21(29)20(28)23-11-10-18-13-30-22-25-19(26-27(18)22)16-5-3-4-15(2)12-16/h3-9,12-13H,10-11H2,1-2H3,(H,23,28)(H,24,29). The summed E-state index contributed by atoms with van der Waals surface area (Å²) in [6, 6.07) is 15.3. The molecule has 0 spiro atoms. The number of aryl methyl sites for hydroxylation is 2. The molecule has 0 bridgehead atoms. The van der Waals surface area contributed by atoms with E-state index >= 15 is 0 Å². The number of benzene rings is 2. The molecule has 4 aromatic rings. The van der Waals surface area contributed by atoms with Crippen LogP contribution in [0.3, 0.4) is 0 Å². The number of carbonyl (C=O) groups excluding carboxylic acids is 2. The van der Waals surface area contributed by atoms with Crippen molar-refractivity contribution in [2.45, 2.75) is 20.3 Å². The molecule has 0 atom stereocenters. The number of anilines is 1. The normalized spacial score (nSPS) is 10.9. The predicted molar refractivity (Wildman–Crippen MR) is 118 cm³/mol. The Morgan fingerprint density at radius 2 is 1.83 bits per heavy atom. The van der Waals surface area contributed by atoms with Crippen LogP contribution in [0, 0.1) is 13.8 Å². The van der Waals surface area contributed by atoms with Gasteiger partial charge in [-0.25, -0.2) is 4.52 Å². The fourth-order valence-corrected chi connectivity index (χ4v) is 3.87. The molecule has 2 heterocycles. The Morgan fingerprint density at radius 3 is 2.60 bits per heavy atom. The number of thiazole rings is 1. The molecule has 0 saturated carbocycles. The van der Waals surface area contributed by atoms with E-state index in [9.17, 15) is 9.59 Å². The lowest BCUT2D eigenvalue weighted by Gasteiger charge is -2.06. The largest absolute Gasteiger partial charge is 0.347 e. The van der Waals surface area contributed by atoms with Crippen LogP contribution in [0.25, 0.3) is 16.3 Å². The monoisotopic (exact) mass is 419 g/mol. The molecule has 152 valence electrons. The van der Waals surface area contributed by atoms with Gasteiger partial charge in [0, 0.05) is 29.6 Å². The lowest BCUT2D eigenvalue weighted by Crippen LogP contribution is -2.36. The van der Waals surface area contributed by atoms with Gasteiger partial charge in [-0.05, 0) is 32.0 Å². The zero-order valence-corrected chi connectivity index (χ0v) is 17.5. The minimum atomic E-state index is -0.684. The van der Waals surface area contributed by atoms with Gasteiger partial charge in [0.2, 0.25) is 4.96 Å². The average Bonchev–Trinajstić information content (AvgIpc) is 3.31. The molecule has 0 aliphatic carbocycles. The van der Waals surface area contributed by atoms with Crippen molar-refractivity contribution in [1.82, 2.24) is 19.9 Å². The third-order valence-electron chi connectivity index (χ3n) is 4.61. The van der Waals surface area contributed by atoms with E-state index in [1.165, 1.54) is 11.3 Å². The molecule has 0 aliphatic heterocycles. The van der Waals surface area contributed by atoms with Crippen LogP contribution < -0.4 is 10.6 Å². The highest BCUT2D eigenvalue weighted by atomic mass is 32.1. The van der Waals surface area contributed by atoms with Crippen molar-refractivity contribution in [2.24, 2.45) is 0 Å². The Bertz CT molecular complexity index is 1210. The van der Waals surface area contributed by atoms with Gasteiger partial charge in [0.05, 0.1) is 5.69 Å². The predicted octanol–water partition coefficient (Wildman–Crippen LogP) is 3.37. The van der Waals surface area contributed by atoms with Crippen molar-refractivity contribution in [2.75, 3.05) is 11.9 Å². The van der Waals surface area contributed by atoms with Crippen LogP contribution in [-0.2, 0) is 16.0 Å². The molecule has 30 heavy (non-hydrogen) atoms. The molecule has 0 aliphatic rings. The van der Waals surface area contributed by atoms with Crippen LogP contribution in [0.1, 0.15) is 16.8 Å². The number of amides is 2. The van der Waals surface area contributed by atoms with E-state index in [-0.39, 0.29) is 0 Å². The molecule has 4 rings (SSSR count). The number of fused-ring (bicyclic) bond motifs is 1. The van der Waals surface area contributed by atoms with Crippen molar-refractivity contribution < 1.29 is 9.59 Å². The van der Waals surface area contributed by atoms with Gasteiger partial charge in [0.1, 0.15) is 0 Å². The molecule has 8 heteroatoms. The van der Waals surface area contributed by atoms with E-state index in [2.05, 4.69) is 20.7 Å². The Hall–Kier alpha value is -3.52. The van der Waals surface area contributed by atoms with Crippen molar-refractivity contribution in [3.63, 3.8) is 0 Å². The molecule has 0 saturated heterocycles. The van der Waals surface area contributed by atoms with Crippen LogP contribution in [0.2, 0.25) is 0 Å². The summed E-state index contributed by atoms with van der Waals surface area (Å²) in [6.45, 7) is 4.31. The number of aromatic nitrogens is 3. The zero-order chi connectivity index (χ0) is 21.1. The number of carbonyl (C=O) groups is 2. The first-order chi connectivity index (χ1) is 14.5. The van der Waals surface area contributed by atoms with Crippen LogP contribution in [0.5, 0.6) is 0 Å². The van der Waals surface area contributed by atoms with Crippen LogP contribution in [0.15, 0.2) is 53.9 Å². The SMILES string of the molecule is Cc1ccc(NC(=O)C(=O)NCCc2csc3nc(-c4cccc(C)c4)nn23)cc1. The first-order valence-electron chi connectivity index (χ1n) is 9.55. The Balaban J connectivity index is 1.36. The first-order valence-corrected chi connectivity index (χ1v) is 10.4. The molecule has 2 N–H and O–H groups in total. The summed E-state index contributed by atoms with van der Waals surface area (Å²) in [5, 5.41) is 11.8. The average molecular weight is 420 g/mol. The second-order valence-electron chi connectivity index (χ2n) is 7.05.